The fourth-order valence-corrected chi connectivity index (χ4v) is 6.72. The Kier molecular flexibility index (Phi) is 14.0. The van der Waals surface area contributed by atoms with Crippen molar-refractivity contribution in [3.8, 4) is 34.3 Å². The number of esters is 1. The minimum Gasteiger partial charge on any atom is -0.508 e. The first kappa shape index (κ1) is 45.7. The summed E-state index contributed by atoms with van der Waals surface area (Å²) in [4.78, 5) is 37.2. The van der Waals surface area contributed by atoms with E-state index in [1.807, 2.05) is 0 Å². The molecule has 4 heterocycles. The lowest BCUT2D eigenvalue weighted by molar-refractivity contribution is -0.362. The van der Waals surface area contributed by atoms with Crippen molar-refractivity contribution in [3.05, 3.63) is 46.6 Å². The third-order valence-corrected chi connectivity index (χ3v) is 10.2. The Morgan fingerprint density at radius 3 is 2.00 bits per heavy atom. The maximum atomic E-state index is 14.2. The molecule has 3 saturated heterocycles. The number of aliphatic hydroxyl groups is 9. The van der Waals surface area contributed by atoms with Gasteiger partial charge in [0.15, 0.2) is 30.5 Å². The summed E-state index contributed by atoms with van der Waals surface area (Å²) in [5, 5.41) is 134. The zero-order valence-corrected chi connectivity index (χ0v) is 31.6. The molecule has 24 nitrogen and oxygen atoms in total. The number of aliphatic carboxylic acids is 1. The number of phenols is 3. The van der Waals surface area contributed by atoms with Gasteiger partial charge in [-0.15, -0.1) is 0 Å². The average Bonchev–Trinajstić information content (AvgIpc) is 3.21. The van der Waals surface area contributed by atoms with Crippen molar-refractivity contribution in [1.82, 2.24) is 0 Å². The molecular formula is C37H44O24. The summed E-state index contributed by atoms with van der Waals surface area (Å²) in [5.74, 6) is -5.67. The molecule has 0 saturated carbocycles. The molecule has 3 aliphatic rings. The topological polar surface area (TPSA) is 392 Å². The van der Waals surface area contributed by atoms with E-state index in [4.69, 9.17) is 42.7 Å². The van der Waals surface area contributed by atoms with E-state index in [2.05, 4.69) is 0 Å². The maximum Gasteiger partial charge on any atom is 0.333 e. The van der Waals surface area contributed by atoms with Crippen LogP contribution in [0.5, 0.6) is 23.0 Å². The Labute approximate surface area is 342 Å². The molecule has 336 valence electrons. The lowest BCUT2D eigenvalue weighted by Crippen LogP contribution is -2.65. The SMILES string of the molecule is C[C@H]1O[C@@H](OC[C@H]2O[C@@H](Oc3c(-c4ccc(O)cc4)oc4cc(O)cc(O)c4c3=O)[C@H](O[C@H]3O[C@@H](COC(=O)C[C@H](O)C(=O)O)[C@H](O)[C@@H](O)[C@@H]3O)[C@@H](O)[C@@H]2O)[C@@H](O)[C@H](O)[C@H]1O. The summed E-state index contributed by atoms with van der Waals surface area (Å²) >= 11 is 0. The monoisotopic (exact) mass is 872 g/mol. The molecule has 13 N–H and O–H groups in total. The van der Waals surface area contributed by atoms with Crippen molar-refractivity contribution in [1.29, 1.82) is 0 Å². The minimum atomic E-state index is -2.18. The van der Waals surface area contributed by atoms with Crippen LogP contribution in [0.1, 0.15) is 13.3 Å². The van der Waals surface area contributed by atoms with E-state index in [0.29, 0.717) is 0 Å². The quantitative estimate of drug-likeness (QED) is 0.0724. The lowest BCUT2D eigenvalue weighted by atomic mass is 9.97. The van der Waals surface area contributed by atoms with Crippen LogP contribution >= 0.6 is 0 Å². The molecule has 0 aliphatic carbocycles. The summed E-state index contributed by atoms with van der Waals surface area (Å²) < 4.78 is 45.1. The number of aliphatic hydroxyl groups excluding tert-OH is 9. The van der Waals surface area contributed by atoms with Crippen LogP contribution in [0, 0.1) is 0 Å². The summed E-state index contributed by atoms with van der Waals surface area (Å²) in [6.45, 7) is -0.307. The van der Waals surface area contributed by atoms with Crippen LogP contribution in [0.3, 0.4) is 0 Å². The standard InChI is InChI=1S/C37H44O24/c1-11-22(43)26(47)29(50)35(56-11)55-10-19-24(45)28(49)33(61-36-30(51)27(48)23(44)18(58-36)9-54-20(42)8-16(41)34(52)53)37(59-19)60-32-25(46)21-15(40)6-14(39)7-17(21)57-31(32)12-2-4-13(38)5-3-12/h2-7,11,16,18-19,22-24,26-30,33,35-41,43-45,47-51H,8-10H2,1H3,(H,52,53)/t11-,16+,18+,19-,22+,23+,24-,26-,27-,28+,29+,30+,33-,35-,36-,37+/m1/s1. The number of carbonyl (C=O) groups excluding carboxylic acids is 1. The third-order valence-electron chi connectivity index (χ3n) is 10.2. The highest BCUT2D eigenvalue weighted by Crippen LogP contribution is 2.39. The second-order valence-corrected chi connectivity index (χ2v) is 14.5. The second kappa shape index (κ2) is 18.7. The number of rotatable bonds is 13. The molecule has 61 heavy (non-hydrogen) atoms. The number of hydrogen-bond donors (Lipinski definition) is 13. The van der Waals surface area contributed by atoms with E-state index in [0.717, 1.165) is 12.1 Å². The number of hydrogen-bond acceptors (Lipinski definition) is 23. The predicted molar refractivity (Wildman–Crippen MR) is 193 cm³/mol. The number of carboxylic acid groups (broad SMARTS) is 1. The molecule has 6 rings (SSSR count). The summed E-state index contributed by atoms with van der Waals surface area (Å²) in [6, 6.07) is 6.82. The predicted octanol–water partition coefficient (Wildman–Crippen LogP) is -4.18. The van der Waals surface area contributed by atoms with E-state index in [-0.39, 0.29) is 16.9 Å². The molecule has 2 aromatic carbocycles. The van der Waals surface area contributed by atoms with Gasteiger partial charge in [-0.25, -0.2) is 4.79 Å². The van der Waals surface area contributed by atoms with Gasteiger partial charge < -0.3 is 104 Å². The van der Waals surface area contributed by atoms with Gasteiger partial charge in [-0.3, -0.25) is 9.59 Å². The number of carboxylic acids is 1. The Balaban J connectivity index is 1.35. The molecule has 0 bridgehead atoms. The Morgan fingerprint density at radius 2 is 1.33 bits per heavy atom. The molecule has 0 radical (unpaired) electrons. The first-order valence-corrected chi connectivity index (χ1v) is 18.5. The number of fused-ring (bicyclic) bond motifs is 1. The molecule has 0 unspecified atom stereocenters. The van der Waals surface area contributed by atoms with Crippen LogP contribution in [0.2, 0.25) is 0 Å². The molecular weight excluding hydrogens is 828 g/mol. The van der Waals surface area contributed by atoms with Gasteiger partial charge in [-0.2, -0.15) is 0 Å². The average molecular weight is 873 g/mol. The molecule has 24 heteroatoms. The summed E-state index contributed by atoms with van der Waals surface area (Å²) in [6.07, 6.45) is -31.1. The zero-order valence-electron chi connectivity index (χ0n) is 31.6. The van der Waals surface area contributed by atoms with Gasteiger partial charge in [0, 0.05) is 17.7 Å². The van der Waals surface area contributed by atoms with Gasteiger partial charge in [0.2, 0.25) is 17.5 Å². The lowest BCUT2D eigenvalue weighted by Gasteiger charge is -2.46. The van der Waals surface area contributed by atoms with E-state index >= 15 is 0 Å². The molecule has 16 atom stereocenters. The molecule has 3 aromatic rings. The molecule has 1 aromatic heterocycles. The van der Waals surface area contributed by atoms with Gasteiger partial charge in [-0.1, -0.05) is 0 Å². The van der Waals surface area contributed by atoms with E-state index < -0.39 is 164 Å². The largest absolute Gasteiger partial charge is 0.508 e. The Bertz CT molecular complexity index is 2080. The van der Waals surface area contributed by atoms with Gasteiger partial charge >= 0.3 is 11.9 Å². The summed E-state index contributed by atoms with van der Waals surface area (Å²) in [7, 11) is 0. The molecule has 0 amide bonds. The van der Waals surface area contributed by atoms with Gasteiger partial charge in [0.1, 0.15) is 95.9 Å². The van der Waals surface area contributed by atoms with Crippen molar-refractivity contribution in [2.24, 2.45) is 0 Å². The fourth-order valence-electron chi connectivity index (χ4n) is 6.72. The van der Waals surface area contributed by atoms with E-state index in [1.165, 1.54) is 31.2 Å². The van der Waals surface area contributed by atoms with Crippen molar-refractivity contribution in [2.45, 2.75) is 112 Å². The zero-order chi connectivity index (χ0) is 44.6. The Hall–Kier alpha value is -4.77. The van der Waals surface area contributed by atoms with Gasteiger partial charge in [-0.05, 0) is 31.2 Å². The van der Waals surface area contributed by atoms with Crippen LogP contribution in [-0.4, -0.2) is 190 Å². The Morgan fingerprint density at radius 1 is 0.721 bits per heavy atom. The number of benzene rings is 2. The third kappa shape index (κ3) is 9.67. The molecule has 0 spiro atoms. The first-order chi connectivity index (χ1) is 28.8. The summed E-state index contributed by atoms with van der Waals surface area (Å²) in [5.41, 5.74) is -1.40. The van der Waals surface area contributed by atoms with Gasteiger partial charge in [0.05, 0.1) is 19.1 Å². The van der Waals surface area contributed by atoms with Crippen LogP contribution in [-0.2, 0) is 38.0 Å². The number of aromatic hydroxyl groups is 3. The van der Waals surface area contributed by atoms with Crippen LogP contribution in [0.4, 0.5) is 0 Å². The fraction of sp³-hybridized carbons (Fsp3) is 0.541. The van der Waals surface area contributed by atoms with Crippen LogP contribution < -0.4 is 10.2 Å². The highest BCUT2D eigenvalue weighted by molar-refractivity contribution is 5.88. The second-order valence-electron chi connectivity index (χ2n) is 14.5. The van der Waals surface area contributed by atoms with Crippen molar-refractivity contribution in [2.75, 3.05) is 13.2 Å². The highest BCUT2D eigenvalue weighted by Gasteiger charge is 2.53. The van der Waals surface area contributed by atoms with Gasteiger partial charge in [0.25, 0.3) is 0 Å². The first-order valence-electron chi connectivity index (χ1n) is 18.5. The normalized spacial score (nSPS) is 34.8. The van der Waals surface area contributed by atoms with E-state index in [1.54, 1.807) is 0 Å². The molecule has 3 fully saturated rings. The molecule has 3 aliphatic heterocycles. The smallest absolute Gasteiger partial charge is 0.333 e. The minimum absolute atomic E-state index is 0.0538. The van der Waals surface area contributed by atoms with Crippen molar-refractivity contribution in [3.63, 3.8) is 0 Å². The number of ether oxygens (including phenoxy) is 7. The van der Waals surface area contributed by atoms with E-state index in [9.17, 15) is 75.7 Å². The maximum absolute atomic E-state index is 14.2. The number of phenolic OH excluding ortho intramolecular Hbond substituents is 3. The van der Waals surface area contributed by atoms with Crippen LogP contribution in [0.15, 0.2) is 45.6 Å². The highest BCUT2D eigenvalue weighted by atomic mass is 16.8. The number of carbonyl (C=O) groups is 2. The van der Waals surface area contributed by atoms with Crippen LogP contribution in [0.25, 0.3) is 22.3 Å². The van der Waals surface area contributed by atoms with Crippen molar-refractivity contribution >= 4 is 22.9 Å². The van der Waals surface area contributed by atoms with Crippen molar-refractivity contribution < 1.29 is 114 Å².